The van der Waals surface area contributed by atoms with Crippen molar-refractivity contribution in [2.45, 2.75) is 12.6 Å². The molecule has 0 unspecified atom stereocenters. The Morgan fingerprint density at radius 3 is 2.40 bits per heavy atom. The first-order chi connectivity index (χ1) is 11.9. The third kappa shape index (κ3) is 3.91. The van der Waals surface area contributed by atoms with Crippen molar-refractivity contribution in [2.75, 3.05) is 0 Å². The number of hydrogen-bond acceptors (Lipinski definition) is 3. The predicted molar refractivity (Wildman–Crippen MR) is 86.9 cm³/mol. The monoisotopic (exact) mass is 342 g/mol. The topological polar surface area (TPSA) is 42.9 Å². The van der Waals surface area contributed by atoms with Gasteiger partial charge >= 0.3 is 6.18 Å². The van der Waals surface area contributed by atoms with Gasteiger partial charge in [-0.05, 0) is 35.9 Å². The van der Waals surface area contributed by atoms with E-state index in [1.54, 1.807) is 24.3 Å². The fourth-order valence-corrected chi connectivity index (χ4v) is 2.49. The van der Waals surface area contributed by atoms with Gasteiger partial charge in [-0.1, -0.05) is 24.3 Å². The van der Waals surface area contributed by atoms with E-state index < -0.39 is 11.7 Å². The average molecular weight is 342 g/mol. The number of carbonyl (C=O) groups excluding carboxylic acids is 1. The Kier molecular flexibility index (Phi) is 4.61. The molecule has 3 nitrogen and oxygen atoms in total. The third-order valence-corrected chi connectivity index (χ3v) is 3.65. The first-order valence-electron chi connectivity index (χ1n) is 7.51. The van der Waals surface area contributed by atoms with Gasteiger partial charge in [0.2, 0.25) is 0 Å². The van der Waals surface area contributed by atoms with Crippen LogP contribution >= 0.6 is 0 Å². The maximum Gasteiger partial charge on any atom is 0.417 e. The van der Waals surface area contributed by atoms with Crippen LogP contribution in [0.2, 0.25) is 0 Å². The van der Waals surface area contributed by atoms with Crippen molar-refractivity contribution in [1.82, 2.24) is 9.97 Å². The molecule has 0 saturated carbocycles. The Labute approximate surface area is 142 Å². The summed E-state index contributed by atoms with van der Waals surface area (Å²) in [5.74, 6) is -0.207. The van der Waals surface area contributed by atoms with Crippen LogP contribution in [0, 0.1) is 0 Å². The second-order valence-corrected chi connectivity index (χ2v) is 5.41. The minimum Gasteiger partial charge on any atom is -0.292 e. The van der Waals surface area contributed by atoms with Gasteiger partial charge in [0.1, 0.15) is 5.69 Å². The Hall–Kier alpha value is -3.02. The summed E-state index contributed by atoms with van der Waals surface area (Å²) in [5, 5.41) is 0. The van der Waals surface area contributed by atoms with Crippen molar-refractivity contribution in [2.24, 2.45) is 0 Å². The lowest BCUT2D eigenvalue weighted by atomic mass is 10.0. The highest BCUT2D eigenvalue weighted by Crippen LogP contribution is 2.36. The average Bonchev–Trinajstić information content (AvgIpc) is 2.62. The molecule has 0 atom stereocenters. The number of nitrogens with zero attached hydrogens (tertiary/aromatic N) is 2. The van der Waals surface area contributed by atoms with Crippen LogP contribution in [0.1, 0.15) is 21.6 Å². The molecule has 0 amide bonds. The molecular weight excluding hydrogens is 329 g/mol. The van der Waals surface area contributed by atoms with Crippen molar-refractivity contribution >= 4 is 5.78 Å². The number of pyridine rings is 2. The van der Waals surface area contributed by atoms with Gasteiger partial charge in [0.25, 0.3) is 0 Å². The van der Waals surface area contributed by atoms with Crippen molar-refractivity contribution in [1.29, 1.82) is 0 Å². The van der Waals surface area contributed by atoms with E-state index in [4.69, 9.17) is 0 Å². The van der Waals surface area contributed by atoms with Crippen LogP contribution in [0.5, 0.6) is 0 Å². The molecule has 0 aliphatic rings. The molecule has 0 spiro atoms. The zero-order valence-electron chi connectivity index (χ0n) is 13.0. The summed E-state index contributed by atoms with van der Waals surface area (Å²) in [5.41, 5.74) is 0.311. The van der Waals surface area contributed by atoms with Gasteiger partial charge in [0.15, 0.2) is 5.78 Å². The third-order valence-electron chi connectivity index (χ3n) is 3.65. The normalized spacial score (nSPS) is 11.3. The SMILES string of the molecule is O=C(Cc1ccnc(-c2ccccc2C(F)(F)F)c1)c1ccccn1. The molecule has 2 aromatic heterocycles. The van der Waals surface area contributed by atoms with E-state index in [-0.39, 0.29) is 23.5 Å². The number of rotatable bonds is 4. The van der Waals surface area contributed by atoms with E-state index in [9.17, 15) is 18.0 Å². The second kappa shape index (κ2) is 6.84. The summed E-state index contributed by atoms with van der Waals surface area (Å²) in [6.07, 6.45) is -1.51. The van der Waals surface area contributed by atoms with Crippen LogP contribution in [0.4, 0.5) is 13.2 Å². The van der Waals surface area contributed by atoms with Crippen LogP contribution in [0.15, 0.2) is 67.0 Å². The van der Waals surface area contributed by atoms with Crippen LogP contribution in [0.3, 0.4) is 0 Å². The Balaban J connectivity index is 1.92. The molecule has 0 aliphatic heterocycles. The summed E-state index contributed by atoms with van der Waals surface area (Å²) < 4.78 is 39.5. The summed E-state index contributed by atoms with van der Waals surface area (Å²) in [6.45, 7) is 0. The minimum atomic E-state index is -4.47. The molecule has 0 aliphatic carbocycles. The molecule has 0 bridgehead atoms. The number of aromatic nitrogens is 2. The van der Waals surface area contributed by atoms with Crippen molar-refractivity contribution in [3.05, 3.63) is 83.8 Å². The fourth-order valence-electron chi connectivity index (χ4n) is 2.49. The summed E-state index contributed by atoms with van der Waals surface area (Å²) in [7, 11) is 0. The highest BCUT2D eigenvalue weighted by Gasteiger charge is 2.33. The summed E-state index contributed by atoms with van der Waals surface area (Å²) >= 11 is 0. The molecule has 0 fully saturated rings. The van der Waals surface area contributed by atoms with Gasteiger partial charge < -0.3 is 0 Å². The highest BCUT2D eigenvalue weighted by atomic mass is 19.4. The molecule has 2 heterocycles. The minimum absolute atomic E-state index is 0.0119. The number of ketones is 1. The van der Waals surface area contributed by atoms with Crippen LogP contribution < -0.4 is 0 Å². The van der Waals surface area contributed by atoms with Gasteiger partial charge in [-0.2, -0.15) is 13.2 Å². The largest absolute Gasteiger partial charge is 0.417 e. The highest BCUT2D eigenvalue weighted by molar-refractivity contribution is 5.95. The smallest absolute Gasteiger partial charge is 0.292 e. The molecule has 3 rings (SSSR count). The Morgan fingerprint density at radius 1 is 0.920 bits per heavy atom. The summed E-state index contributed by atoms with van der Waals surface area (Å²) in [4.78, 5) is 20.2. The van der Waals surface area contributed by atoms with Gasteiger partial charge in [-0.15, -0.1) is 0 Å². The van der Waals surface area contributed by atoms with E-state index in [2.05, 4.69) is 9.97 Å². The Morgan fingerprint density at radius 2 is 1.68 bits per heavy atom. The number of hydrogen-bond donors (Lipinski definition) is 0. The first-order valence-corrected chi connectivity index (χ1v) is 7.51. The molecule has 3 aromatic rings. The predicted octanol–water partition coefficient (Wildman–Crippen LogP) is 4.59. The molecular formula is C19H13F3N2O. The zero-order chi connectivity index (χ0) is 17.9. The Bertz CT molecular complexity index is 892. The number of halogens is 3. The van der Waals surface area contributed by atoms with Crippen molar-refractivity contribution in [3.8, 4) is 11.3 Å². The molecule has 0 saturated heterocycles. The lowest BCUT2D eigenvalue weighted by molar-refractivity contribution is -0.137. The molecule has 126 valence electrons. The second-order valence-electron chi connectivity index (χ2n) is 5.41. The van der Waals surface area contributed by atoms with Crippen molar-refractivity contribution < 1.29 is 18.0 Å². The molecule has 0 N–H and O–H groups in total. The molecule has 1 aromatic carbocycles. The maximum atomic E-state index is 13.2. The number of alkyl halides is 3. The lowest BCUT2D eigenvalue weighted by Crippen LogP contribution is -2.08. The van der Waals surface area contributed by atoms with Crippen LogP contribution in [-0.4, -0.2) is 15.8 Å². The number of benzene rings is 1. The summed E-state index contributed by atoms with van der Waals surface area (Å²) in [6, 6.07) is 13.4. The number of Topliss-reactive ketones (excluding diaryl/α,β-unsaturated/α-hetero) is 1. The lowest BCUT2D eigenvalue weighted by Gasteiger charge is -2.12. The quantitative estimate of drug-likeness (QED) is 0.652. The molecule has 6 heteroatoms. The van der Waals surface area contributed by atoms with E-state index in [0.29, 0.717) is 11.3 Å². The van der Waals surface area contributed by atoms with E-state index >= 15 is 0 Å². The molecule has 25 heavy (non-hydrogen) atoms. The van der Waals surface area contributed by atoms with Gasteiger partial charge in [-0.3, -0.25) is 14.8 Å². The standard InChI is InChI=1S/C19H13F3N2O/c20-19(21,22)15-6-2-1-5-14(15)17-11-13(8-10-24-17)12-18(25)16-7-3-4-9-23-16/h1-11H,12H2. The van der Waals surface area contributed by atoms with Gasteiger partial charge in [-0.25, -0.2) is 0 Å². The first kappa shape index (κ1) is 16.8. The van der Waals surface area contributed by atoms with Gasteiger partial charge in [0.05, 0.1) is 11.3 Å². The van der Waals surface area contributed by atoms with E-state index in [1.165, 1.54) is 36.7 Å². The zero-order valence-corrected chi connectivity index (χ0v) is 13.0. The van der Waals surface area contributed by atoms with E-state index in [1.807, 2.05) is 0 Å². The maximum absolute atomic E-state index is 13.2. The van der Waals surface area contributed by atoms with Gasteiger partial charge in [0, 0.05) is 24.4 Å². The number of carbonyl (C=O) groups is 1. The fraction of sp³-hybridized carbons (Fsp3) is 0.105. The van der Waals surface area contributed by atoms with Crippen LogP contribution in [-0.2, 0) is 12.6 Å². The van der Waals surface area contributed by atoms with E-state index in [0.717, 1.165) is 6.07 Å². The van der Waals surface area contributed by atoms with Crippen molar-refractivity contribution in [3.63, 3.8) is 0 Å². The molecule has 0 radical (unpaired) electrons. The van der Waals surface area contributed by atoms with Crippen LogP contribution in [0.25, 0.3) is 11.3 Å².